The molecule has 1 N–H and O–H groups in total. The largest absolute Gasteiger partial charge is 0.389 e. The van der Waals surface area contributed by atoms with Gasteiger partial charge in [-0.1, -0.05) is 29.8 Å². The Balaban J connectivity index is 2.30. The average molecular weight is 245 g/mol. The molecule has 0 amide bonds. The molecule has 17 heavy (non-hydrogen) atoms. The number of nitrogens with one attached hydrogen (secondary N) is 1. The standard InChI is InChI=1S/C13H18F3N/c1-10-4-6-12(7-5-10)11(2)17-9-3-8-13(14,15)16/h4-7,11,17H,3,8-9H2,1-2H3/t11-/m1/s1. The summed E-state index contributed by atoms with van der Waals surface area (Å²) >= 11 is 0. The summed E-state index contributed by atoms with van der Waals surface area (Å²) < 4.78 is 35.8. The molecule has 1 aromatic carbocycles. The number of hydrogen-bond donors (Lipinski definition) is 1. The lowest BCUT2D eigenvalue weighted by Crippen LogP contribution is -2.21. The molecule has 1 aromatic rings. The van der Waals surface area contributed by atoms with E-state index in [1.165, 1.54) is 5.56 Å². The molecule has 0 fully saturated rings. The van der Waals surface area contributed by atoms with Crippen molar-refractivity contribution in [2.45, 2.75) is 38.9 Å². The quantitative estimate of drug-likeness (QED) is 0.773. The highest BCUT2D eigenvalue weighted by Crippen LogP contribution is 2.21. The fraction of sp³-hybridized carbons (Fsp3) is 0.538. The maximum absolute atomic E-state index is 11.9. The number of aryl methyl sites for hydroxylation is 1. The Morgan fingerprint density at radius 3 is 2.29 bits per heavy atom. The summed E-state index contributed by atoms with van der Waals surface area (Å²) in [5.74, 6) is 0. The van der Waals surface area contributed by atoms with E-state index in [2.05, 4.69) is 5.32 Å². The van der Waals surface area contributed by atoms with Gasteiger partial charge in [-0.25, -0.2) is 0 Å². The first-order valence-corrected chi connectivity index (χ1v) is 5.75. The van der Waals surface area contributed by atoms with Gasteiger partial charge in [0.05, 0.1) is 0 Å². The smallest absolute Gasteiger partial charge is 0.310 e. The Morgan fingerprint density at radius 2 is 1.76 bits per heavy atom. The highest BCUT2D eigenvalue weighted by atomic mass is 19.4. The van der Waals surface area contributed by atoms with Crippen LogP contribution in [0.1, 0.15) is 36.9 Å². The van der Waals surface area contributed by atoms with Crippen LogP contribution in [-0.2, 0) is 0 Å². The van der Waals surface area contributed by atoms with Crippen LogP contribution < -0.4 is 5.32 Å². The molecule has 0 radical (unpaired) electrons. The predicted octanol–water partition coefficient (Wildman–Crippen LogP) is 3.99. The summed E-state index contributed by atoms with van der Waals surface area (Å²) in [4.78, 5) is 0. The van der Waals surface area contributed by atoms with E-state index in [9.17, 15) is 13.2 Å². The van der Waals surface area contributed by atoms with Crippen molar-refractivity contribution < 1.29 is 13.2 Å². The molecular formula is C13H18F3N. The highest BCUT2D eigenvalue weighted by molar-refractivity contribution is 5.23. The van der Waals surface area contributed by atoms with Crippen molar-refractivity contribution in [3.8, 4) is 0 Å². The van der Waals surface area contributed by atoms with Crippen molar-refractivity contribution in [1.29, 1.82) is 0 Å². The minimum atomic E-state index is -4.05. The Morgan fingerprint density at radius 1 is 1.18 bits per heavy atom. The van der Waals surface area contributed by atoms with Gasteiger partial charge >= 0.3 is 6.18 Å². The number of halogens is 3. The first-order chi connectivity index (χ1) is 7.88. The van der Waals surface area contributed by atoms with Gasteiger partial charge in [0.15, 0.2) is 0 Å². The molecule has 0 saturated heterocycles. The number of benzene rings is 1. The maximum atomic E-state index is 11.9. The fourth-order valence-electron chi connectivity index (χ4n) is 1.58. The molecule has 0 bridgehead atoms. The first kappa shape index (κ1) is 14.0. The molecule has 0 aliphatic rings. The van der Waals surface area contributed by atoms with Gasteiger partial charge in [-0.3, -0.25) is 0 Å². The van der Waals surface area contributed by atoms with E-state index in [0.29, 0.717) is 6.54 Å². The zero-order chi connectivity index (χ0) is 12.9. The van der Waals surface area contributed by atoms with Crippen LogP contribution in [0.4, 0.5) is 13.2 Å². The molecule has 1 atom stereocenters. The zero-order valence-corrected chi connectivity index (χ0v) is 10.1. The number of alkyl halides is 3. The third-order valence-corrected chi connectivity index (χ3v) is 2.66. The second kappa shape index (κ2) is 6.05. The van der Waals surface area contributed by atoms with E-state index >= 15 is 0 Å². The van der Waals surface area contributed by atoms with Crippen molar-refractivity contribution in [2.75, 3.05) is 6.54 Å². The molecule has 4 heteroatoms. The maximum Gasteiger partial charge on any atom is 0.389 e. The molecular weight excluding hydrogens is 227 g/mol. The lowest BCUT2D eigenvalue weighted by molar-refractivity contribution is -0.135. The van der Waals surface area contributed by atoms with Crippen molar-refractivity contribution >= 4 is 0 Å². The van der Waals surface area contributed by atoms with Crippen LogP contribution in [-0.4, -0.2) is 12.7 Å². The number of rotatable bonds is 5. The van der Waals surface area contributed by atoms with Crippen LogP contribution in [0.5, 0.6) is 0 Å². The Kier molecular flexibility index (Phi) is 5.00. The van der Waals surface area contributed by atoms with Gasteiger partial charge in [0.25, 0.3) is 0 Å². The number of hydrogen-bond acceptors (Lipinski definition) is 1. The molecule has 1 rings (SSSR count). The topological polar surface area (TPSA) is 12.0 Å². The van der Waals surface area contributed by atoms with Crippen molar-refractivity contribution in [3.05, 3.63) is 35.4 Å². The van der Waals surface area contributed by atoms with Crippen LogP contribution in [0.3, 0.4) is 0 Å². The van der Waals surface area contributed by atoms with Gasteiger partial charge in [-0.15, -0.1) is 0 Å². The Labute approximate surface area is 100 Å². The third kappa shape index (κ3) is 5.73. The summed E-state index contributed by atoms with van der Waals surface area (Å²) in [5, 5.41) is 3.09. The molecule has 1 nitrogen and oxygen atoms in total. The summed E-state index contributed by atoms with van der Waals surface area (Å²) in [6.07, 6.45) is -4.64. The lowest BCUT2D eigenvalue weighted by atomic mass is 10.1. The van der Waals surface area contributed by atoms with Gasteiger partial charge in [-0.05, 0) is 32.4 Å². The minimum Gasteiger partial charge on any atom is -0.310 e. The van der Waals surface area contributed by atoms with Crippen molar-refractivity contribution in [3.63, 3.8) is 0 Å². The van der Waals surface area contributed by atoms with Crippen LogP contribution in [0, 0.1) is 6.92 Å². The second-order valence-corrected chi connectivity index (χ2v) is 4.31. The van der Waals surface area contributed by atoms with E-state index in [-0.39, 0.29) is 12.5 Å². The normalized spacial score (nSPS) is 13.7. The Hall–Kier alpha value is -1.03. The molecule has 0 unspecified atom stereocenters. The second-order valence-electron chi connectivity index (χ2n) is 4.31. The minimum absolute atomic E-state index is 0.0869. The van der Waals surface area contributed by atoms with Crippen molar-refractivity contribution in [2.24, 2.45) is 0 Å². The Bertz CT molecular complexity index is 330. The molecule has 0 heterocycles. The highest BCUT2D eigenvalue weighted by Gasteiger charge is 2.25. The zero-order valence-electron chi connectivity index (χ0n) is 10.1. The molecule has 0 aromatic heterocycles. The van der Waals surface area contributed by atoms with Crippen LogP contribution >= 0.6 is 0 Å². The van der Waals surface area contributed by atoms with Crippen LogP contribution in [0.2, 0.25) is 0 Å². The summed E-state index contributed by atoms with van der Waals surface area (Å²) in [6, 6.07) is 8.09. The molecule has 0 spiro atoms. The van der Waals surface area contributed by atoms with E-state index < -0.39 is 12.6 Å². The molecule has 96 valence electrons. The van der Waals surface area contributed by atoms with E-state index in [4.69, 9.17) is 0 Å². The van der Waals surface area contributed by atoms with Crippen LogP contribution in [0.15, 0.2) is 24.3 Å². The monoisotopic (exact) mass is 245 g/mol. The summed E-state index contributed by atoms with van der Waals surface area (Å²) in [5.41, 5.74) is 2.28. The lowest BCUT2D eigenvalue weighted by Gasteiger charge is -2.15. The van der Waals surface area contributed by atoms with E-state index in [1.807, 2.05) is 38.1 Å². The molecule has 0 aliphatic heterocycles. The van der Waals surface area contributed by atoms with Gasteiger partial charge in [0, 0.05) is 12.5 Å². The third-order valence-electron chi connectivity index (χ3n) is 2.66. The summed E-state index contributed by atoms with van der Waals surface area (Å²) in [6.45, 7) is 4.35. The van der Waals surface area contributed by atoms with E-state index in [0.717, 1.165) is 5.56 Å². The SMILES string of the molecule is Cc1ccc([C@@H](C)NCCCC(F)(F)F)cc1. The van der Waals surface area contributed by atoms with E-state index in [1.54, 1.807) is 0 Å². The van der Waals surface area contributed by atoms with Gasteiger partial charge < -0.3 is 5.32 Å². The van der Waals surface area contributed by atoms with Gasteiger partial charge in [0.1, 0.15) is 0 Å². The first-order valence-electron chi connectivity index (χ1n) is 5.75. The summed E-state index contributed by atoms with van der Waals surface area (Å²) in [7, 11) is 0. The molecule has 0 aliphatic carbocycles. The van der Waals surface area contributed by atoms with Gasteiger partial charge in [-0.2, -0.15) is 13.2 Å². The molecule has 0 saturated carbocycles. The van der Waals surface area contributed by atoms with Crippen molar-refractivity contribution in [1.82, 2.24) is 5.32 Å². The fourth-order valence-corrected chi connectivity index (χ4v) is 1.58. The van der Waals surface area contributed by atoms with Gasteiger partial charge in [0.2, 0.25) is 0 Å². The predicted molar refractivity (Wildman–Crippen MR) is 62.9 cm³/mol. The van der Waals surface area contributed by atoms with Crippen LogP contribution in [0.25, 0.3) is 0 Å². The average Bonchev–Trinajstić information content (AvgIpc) is 2.24.